The summed E-state index contributed by atoms with van der Waals surface area (Å²) in [6, 6.07) is 1.99. The van der Waals surface area contributed by atoms with Gasteiger partial charge in [0.25, 0.3) is 11.7 Å². The number of aryl methyl sites for hydroxylation is 2. The van der Waals surface area contributed by atoms with Crippen molar-refractivity contribution in [3.63, 3.8) is 0 Å². The highest BCUT2D eigenvalue weighted by molar-refractivity contribution is 5.91. The van der Waals surface area contributed by atoms with E-state index in [-0.39, 0.29) is 23.2 Å². The molecule has 0 N–H and O–H groups in total. The molecule has 0 aliphatic rings. The van der Waals surface area contributed by atoms with Crippen molar-refractivity contribution in [2.75, 3.05) is 7.05 Å². The number of hydrogen-bond donors (Lipinski definition) is 0. The second kappa shape index (κ2) is 5.09. The molecule has 0 aliphatic heterocycles. The normalized spacial score (nSPS) is 13.5. The first-order chi connectivity index (χ1) is 9.61. The first-order valence-corrected chi connectivity index (χ1v) is 7.09. The summed E-state index contributed by atoms with van der Waals surface area (Å²) in [7, 11) is 1.79. The zero-order valence-electron chi connectivity index (χ0n) is 13.8. The molecule has 2 rings (SSSR count). The highest BCUT2D eigenvalue weighted by atomic mass is 16.2. The van der Waals surface area contributed by atoms with Gasteiger partial charge >= 0.3 is 0 Å². The number of hydrogen-bond acceptors (Lipinski definition) is 4. The zero-order chi connectivity index (χ0) is 15.9. The van der Waals surface area contributed by atoms with Gasteiger partial charge in [0.05, 0.1) is 0 Å². The van der Waals surface area contributed by atoms with Crippen LogP contribution < -0.4 is 0 Å². The minimum atomic E-state index is -0.181. The van der Waals surface area contributed by atoms with Crippen LogP contribution in [0.25, 0.3) is 5.78 Å². The summed E-state index contributed by atoms with van der Waals surface area (Å²) >= 11 is 0. The lowest BCUT2D eigenvalue weighted by molar-refractivity contribution is 0.0617. The standard InChI is InChI=1S/C15H23N5O/c1-9-8-10(2)20-14(16-9)17-12(18-20)13(21)19(7)11(3)15(4,5)6/h8,11H,1-7H3/t11-/m0/s1. The largest absolute Gasteiger partial charge is 0.336 e. The van der Waals surface area contributed by atoms with Crippen LogP contribution in [0.4, 0.5) is 0 Å². The van der Waals surface area contributed by atoms with Crippen LogP contribution in [-0.4, -0.2) is 43.5 Å². The smallest absolute Gasteiger partial charge is 0.293 e. The maximum Gasteiger partial charge on any atom is 0.293 e. The van der Waals surface area contributed by atoms with E-state index in [1.807, 2.05) is 26.8 Å². The molecule has 6 nitrogen and oxygen atoms in total. The molecule has 0 unspecified atom stereocenters. The van der Waals surface area contributed by atoms with Crippen molar-refractivity contribution in [1.29, 1.82) is 0 Å². The molecule has 0 radical (unpaired) electrons. The Labute approximate surface area is 125 Å². The van der Waals surface area contributed by atoms with E-state index in [2.05, 4.69) is 35.8 Å². The van der Waals surface area contributed by atoms with Crippen LogP contribution in [0.5, 0.6) is 0 Å². The number of carbonyl (C=O) groups is 1. The summed E-state index contributed by atoms with van der Waals surface area (Å²) in [5.41, 5.74) is 1.77. The second-order valence-corrected chi connectivity index (χ2v) is 6.64. The lowest BCUT2D eigenvalue weighted by Gasteiger charge is -2.34. The molecule has 6 heteroatoms. The summed E-state index contributed by atoms with van der Waals surface area (Å²) in [6.07, 6.45) is 0. The van der Waals surface area contributed by atoms with Crippen molar-refractivity contribution in [2.24, 2.45) is 5.41 Å². The van der Waals surface area contributed by atoms with Gasteiger partial charge < -0.3 is 4.90 Å². The van der Waals surface area contributed by atoms with Crippen LogP contribution in [0.2, 0.25) is 0 Å². The molecule has 0 saturated heterocycles. The van der Waals surface area contributed by atoms with Gasteiger partial charge in [-0.05, 0) is 32.3 Å². The Balaban J connectivity index is 2.38. The van der Waals surface area contributed by atoms with Crippen molar-refractivity contribution in [3.05, 3.63) is 23.3 Å². The highest BCUT2D eigenvalue weighted by Gasteiger charge is 2.29. The van der Waals surface area contributed by atoms with E-state index >= 15 is 0 Å². The van der Waals surface area contributed by atoms with Gasteiger partial charge in [-0.15, -0.1) is 5.10 Å². The Morgan fingerprint density at radius 3 is 2.48 bits per heavy atom. The van der Waals surface area contributed by atoms with Crippen LogP contribution in [0, 0.1) is 19.3 Å². The quantitative estimate of drug-likeness (QED) is 0.850. The van der Waals surface area contributed by atoms with Gasteiger partial charge in [0, 0.05) is 24.5 Å². The minimum absolute atomic E-state index is 0.00563. The van der Waals surface area contributed by atoms with Crippen LogP contribution in [-0.2, 0) is 0 Å². The van der Waals surface area contributed by atoms with Crippen molar-refractivity contribution in [2.45, 2.75) is 47.6 Å². The van der Waals surface area contributed by atoms with E-state index < -0.39 is 0 Å². The van der Waals surface area contributed by atoms with Gasteiger partial charge in [-0.3, -0.25) is 4.79 Å². The number of carbonyl (C=O) groups excluding carboxylic acids is 1. The minimum Gasteiger partial charge on any atom is -0.336 e. The van der Waals surface area contributed by atoms with E-state index in [1.54, 1.807) is 16.5 Å². The summed E-state index contributed by atoms with van der Waals surface area (Å²) in [4.78, 5) is 22.8. The van der Waals surface area contributed by atoms with Crippen LogP contribution in [0.1, 0.15) is 49.7 Å². The van der Waals surface area contributed by atoms with E-state index in [9.17, 15) is 4.79 Å². The van der Waals surface area contributed by atoms with Crippen molar-refractivity contribution < 1.29 is 4.79 Å². The Morgan fingerprint density at radius 1 is 1.29 bits per heavy atom. The first kappa shape index (κ1) is 15.4. The summed E-state index contributed by atoms with van der Waals surface area (Å²) in [5.74, 6) is 0.474. The summed E-state index contributed by atoms with van der Waals surface area (Å²) in [6.45, 7) is 12.2. The molecule has 0 spiro atoms. The number of rotatable bonds is 2. The fraction of sp³-hybridized carbons (Fsp3) is 0.600. The Morgan fingerprint density at radius 2 is 1.90 bits per heavy atom. The third-order valence-electron chi connectivity index (χ3n) is 3.96. The fourth-order valence-corrected chi connectivity index (χ4v) is 2.17. The molecule has 2 aromatic heterocycles. The Bertz CT molecular complexity index is 683. The first-order valence-electron chi connectivity index (χ1n) is 7.09. The van der Waals surface area contributed by atoms with E-state index in [0.717, 1.165) is 11.4 Å². The molecular weight excluding hydrogens is 266 g/mol. The molecule has 0 aliphatic carbocycles. The Hall–Kier alpha value is -1.98. The van der Waals surface area contributed by atoms with Gasteiger partial charge in [0.2, 0.25) is 5.82 Å². The highest BCUT2D eigenvalue weighted by Crippen LogP contribution is 2.23. The number of aromatic nitrogens is 4. The van der Waals surface area contributed by atoms with Gasteiger partial charge in [-0.25, -0.2) is 9.50 Å². The van der Waals surface area contributed by atoms with E-state index in [4.69, 9.17) is 0 Å². The molecule has 0 bridgehead atoms. The zero-order valence-corrected chi connectivity index (χ0v) is 13.8. The van der Waals surface area contributed by atoms with Crippen molar-refractivity contribution >= 4 is 11.7 Å². The molecule has 2 aromatic rings. The third-order valence-corrected chi connectivity index (χ3v) is 3.96. The molecule has 2 heterocycles. The molecule has 1 atom stereocenters. The maximum absolute atomic E-state index is 12.6. The van der Waals surface area contributed by atoms with Crippen LogP contribution >= 0.6 is 0 Å². The molecule has 0 fully saturated rings. The predicted molar refractivity (Wildman–Crippen MR) is 81.3 cm³/mol. The molecular formula is C15H23N5O. The van der Waals surface area contributed by atoms with Gasteiger partial charge in [-0.1, -0.05) is 20.8 Å². The lowest BCUT2D eigenvalue weighted by Crippen LogP contribution is -2.43. The van der Waals surface area contributed by atoms with Crippen molar-refractivity contribution in [3.8, 4) is 0 Å². The summed E-state index contributed by atoms with van der Waals surface area (Å²) < 4.78 is 1.61. The number of fused-ring (bicyclic) bond motifs is 1. The van der Waals surface area contributed by atoms with Gasteiger partial charge in [0.1, 0.15) is 0 Å². The van der Waals surface area contributed by atoms with Crippen LogP contribution in [0.3, 0.4) is 0 Å². The third kappa shape index (κ3) is 2.89. The fourth-order valence-electron chi connectivity index (χ4n) is 2.17. The summed E-state index contributed by atoms with van der Waals surface area (Å²) in [5, 5.41) is 4.29. The second-order valence-electron chi connectivity index (χ2n) is 6.64. The average Bonchev–Trinajstić information content (AvgIpc) is 2.79. The molecule has 0 saturated carbocycles. The Kier molecular flexibility index (Phi) is 3.74. The average molecular weight is 289 g/mol. The number of amides is 1. The lowest BCUT2D eigenvalue weighted by atomic mass is 9.87. The molecule has 0 aromatic carbocycles. The molecule has 114 valence electrons. The van der Waals surface area contributed by atoms with Gasteiger partial charge in [0.15, 0.2) is 0 Å². The maximum atomic E-state index is 12.6. The number of nitrogens with zero attached hydrogens (tertiary/aromatic N) is 5. The molecule has 1 amide bonds. The topological polar surface area (TPSA) is 63.4 Å². The predicted octanol–water partition coefficient (Wildman–Crippen LogP) is 2.25. The monoisotopic (exact) mass is 289 g/mol. The van der Waals surface area contributed by atoms with E-state index in [0.29, 0.717) is 5.78 Å². The SMILES string of the molecule is Cc1cc(C)n2nc(C(=O)N(C)[C@@H](C)C(C)(C)C)nc2n1. The van der Waals surface area contributed by atoms with Gasteiger partial charge in [-0.2, -0.15) is 4.98 Å². The molecule has 21 heavy (non-hydrogen) atoms. The van der Waals surface area contributed by atoms with Crippen molar-refractivity contribution in [1.82, 2.24) is 24.5 Å². The van der Waals surface area contributed by atoms with Crippen LogP contribution in [0.15, 0.2) is 6.07 Å². The van der Waals surface area contributed by atoms with E-state index in [1.165, 1.54) is 0 Å².